The van der Waals surface area contributed by atoms with E-state index in [4.69, 9.17) is 10.2 Å². The summed E-state index contributed by atoms with van der Waals surface area (Å²) in [4.78, 5) is 10.4. The molecular weight excluding hydrogens is 146 g/mol. The lowest BCUT2D eigenvalue weighted by atomic mass is 10.1. The second-order valence-electron chi connectivity index (χ2n) is 2.40. The zero-order valence-electron chi connectivity index (χ0n) is 6.71. The summed E-state index contributed by atoms with van der Waals surface area (Å²) in [6.07, 6.45) is 1.99. The predicted molar refractivity (Wildman–Crippen MR) is 41.4 cm³/mol. The van der Waals surface area contributed by atoms with Gasteiger partial charge < -0.3 is 15.5 Å². The Morgan fingerprint density at radius 3 is 2.55 bits per heavy atom. The summed E-state index contributed by atoms with van der Waals surface area (Å²) in [5.41, 5.74) is 0. The quantitative estimate of drug-likeness (QED) is 0.473. The van der Waals surface area contributed by atoms with Gasteiger partial charge in [-0.15, -0.1) is 0 Å². The topological polar surface area (TPSA) is 69.6 Å². The minimum absolute atomic E-state index is 0.135. The number of rotatable bonds is 6. The monoisotopic (exact) mass is 161 g/mol. The molecule has 1 atom stereocenters. The molecule has 0 aliphatic rings. The van der Waals surface area contributed by atoms with Crippen LogP contribution in [0.2, 0.25) is 0 Å². The SMILES string of the molecule is CNC(CCCCO)C(=O)O. The Bertz CT molecular complexity index is 116. The minimum atomic E-state index is -0.828. The van der Waals surface area contributed by atoms with Gasteiger partial charge in [0.2, 0.25) is 0 Å². The van der Waals surface area contributed by atoms with Crippen molar-refractivity contribution in [3.05, 3.63) is 0 Å². The van der Waals surface area contributed by atoms with E-state index in [1.807, 2.05) is 0 Å². The second-order valence-corrected chi connectivity index (χ2v) is 2.40. The average molecular weight is 161 g/mol. The van der Waals surface area contributed by atoms with E-state index in [0.717, 1.165) is 6.42 Å². The molecular formula is C7H15NO3. The lowest BCUT2D eigenvalue weighted by molar-refractivity contribution is -0.139. The molecule has 0 aromatic rings. The van der Waals surface area contributed by atoms with Crippen molar-refractivity contribution < 1.29 is 15.0 Å². The number of carbonyl (C=O) groups is 1. The fourth-order valence-electron chi connectivity index (χ4n) is 0.852. The molecule has 3 N–H and O–H groups in total. The van der Waals surface area contributed by atoms with Gasteiger partial charge in [-0.1, -0.05) is 0 Å². The Morgan fingerprint density at radius 2 is 2.18 bits per heavy atom. The van der Waals surface area contributed by atoms with Crippen molar-refractivity contribution in [2.45, 2.75) is 25.3 Å². The summed E-state index contributed by atoms with van der Waals surface area (Å²) in [7, 11) is 1.62. The van der Waals surface area contributed by atoms with Crippen LogP contribution in [0, 0.1) is 0 Å². The number of carboxylic acid groups (broad SMARTS) is 1. The molecule has 0 spiro atoms. The lowest BCUT2D eigenvalue weighted by Crippen LogP contribution is -2.33. The van der Waals surface area contributed by atoms with E-state index >= 15 is 0 Å². The number of nitrogens with one attached hydrogen (secondary N) is 1. The highest BCUT2D eigenvalue weighted by Gasteiger charge is 2.12. The van der Waals surface area contributed by atoms with Gasteiger partial charge in [-0.3, -0.25) is 4.79 Å². The smallest absolute Gasteiger partial charge is 0.320 e. The van der Waals surface area contributed by atoms with Gasteiger partial charge in [-0.2, -0.15) is 0 Å². The fraction of sp³-hybridized carbons (Fsp3) is 0.857. The van der Waals surface area contributed by atoms with Crippen LogP contribution < -0.4 is 5.32 Å². The fourth-order valence-corrected chi connectivity index (χ4v) is 0.852. The van der Waals surface area contributed by atoms with E-state index in [1.165, 1.54) is 0 Å². The maximum atomic E-state index is 10.4. The van der Waals surface area contributed by atoms with Gasteiger partial charge in [0.05, 0.1) is 0 Å². The summed E-state index contributed by atoms with van der Waals surface area (Å²) >= 11 is 0. The molecule has 0 amide bonds. The molecule has 1 unspecified atom stereocenters. The number of aliphatic carboxylic acids is 1. The average Bonchev–Trinajstić information content (AvgIpc) is 1.97. The highest BCUT2D eigenvalue weighted by atomic mass is 16.4. The van der Waals surface area contributed by atoms with Crippen LogP contribution in [0.1, 0.15) is 19.3 Å². The van der Waals surface area contributed by atoms with Crippen molar-refractivity contribution in [2.75, 3.05) is 13.7 Å². The zero-order valence-corrected chi connectivity index (χ0v) is 6.71. The van der Waals surface area contributed by atoms with Crippen LogP contribution in [-0.2, 0) is 4.79 Å². The molecule has 4 nitrogen and oxygen atoms in total. The summed E-state index contributed by atoms with van der Waals surface area (Å²) in [6, 6.07) is -0.471. The second kappa shape index (κ2) is 6.12. The molecule has 0 bridgehead atoms. The first-order valence-corrected chi connectivity index (χ1v) is 3.73. The van der Waals surface area contributed by atoms with Crippen LogP contribution >= 0.6 is 0 Å². The van der Waals surface area contributed by atoms with Crippen molar-refractivity contribution in [3.8, 4) is 0 Å². The molecule has 11 heavy (non-hydrogen) atoms. The predicted octanol–water partition coefficient (Wildman–Crippen LogP) is -0.178. The first kappa shape index (κ1) is 10.4. The van der Waals surface area contributed by atoms with E-state index in [1.54, 1.807) is 7.05 Å². The standard InChI is InChI=1S/C7H15NO3/c1-8-6(7(10)11)4-2-3-5-9/h6,8-9H,2-5H2,1H3,(H,10,11). The van der Waals surface area contributed by atoms with Gasteiger partial charge in [0.1, 0.15) is 6.04 Å². The van der Waals surface area contributed by atoms with Crippen molar-refractivity contribution >= 4 is 5.97 Å². The number of aliphatic hydroxyl groups is 1. The molecule has 0 rings (SSSR count). The number of hydrogen-bond donors (Lipinski definition) is 3. The molecule has 0 aliphatic carbocycles. The number of likely N-dealkylation sites (N-methyl/N-ethyl adjacent to an activating group) is 1. The summed E-state index contributed by atoms with van der Waals surface area (Å²) in [5.74, 6) is -0.828. The number of hydrogen-bond acceptors (Lipinski definition) is 3. The van der Waals surface area contributed by atoms with Crippen LogP contribution in [0.5, 0.6) is 0 Å². The lowest BCUT2D eigenvalue weighted by Gasteiger charge is -2.09. The van der Waals surface area contributed by atoms with Gasteiger partial charge in [0.15, 0.2) is 0 Å². The first-order chi connectivity index (χ1) is 5.22. The zero-order chi connectivity index (χ0) is 8.69. The Hall–Kier alpha value is -0.610. The molecule has 0 aromatic carbocycles. The van der Waals surface area contributed by atoms with Crippen LogP contribution in [0.3, 0.4) is 0 Å². The summed E-state index contributed by atoms with van der Waals surface area (Å²) in [6.45, 7) is 0.135. The van der Waals surface area contributed by atoms with E-state index < -0.39 is 12.0 Å². The minimum Gasteiger partial charge on any atom is -0.480 e. The maximum absolute atomic E-state index is 10.4. The van der Waals surface area contributed by atoms with Crippen LogP contribution in [0.15, 0.2) is 0 Å². The summed E-state index contributed by atoms with van der Waals surface area (Å²) < 4.78 is 0. The molecule has 0 saturated carbocycles. The van der Waals surface area contributed by atoms with Crippen LogP contribution in [0.4, 0.5) is 0 Å². The van der Waals surface area contributed by atoms with Crippen molar-refractivity contribution in [3.63, 3.8) is 0 Å². The third kappa shape index (κ3) is 4.75. The number of carboxylic acids is 1. The van der Waals surface area contributed by atoms with Gasteiger partial charge in [0.25, 0.3) is 0 Å². The van der Waals surface area contributed by atoms with Gasteiger partial charge in [0, 0.05) is 6.61 Å². The summed E-state index contributed by atoms with van der Waals surface area (Å²) in [5, 5.41) is 19.6. The Balaban J connectivity index is 3.44. The Labute approximate surface area is 66.2 Å². The van der Waals surface area contributed by atoms with Crippen LogP contribution in [0.25, 0.3) is 0 Å². The third-order valence-electron chi connectivity index (χ3n) is 1.55. The normalized spacial score (nSPS) is 12.9. The third-order valence-corrected chi connectivity index (χ3v) is 1.55. The molecule has 4 heteroatoms. The molecule has 0 fully saturated rings. The highest BCUT2D eigenvalue weighted by molar-refractivity contribution is 5.73. The molecule has 0 aromatic heterocycles. The highest BCUT2D eigenvalue weighted by Crippen LogP contribution is 1.99. The Morgan fingerprint density at radius 1 is 1.55 bits per heavy atom. The maximum Gasteiger partial charge on any atom is 0.320 e. The van der Waals surface area contributed by atoms with Gasteiger partial charge >= 0.3 is 5.97 Å². The number of unbranched alkanes of at least 4 members (excludes halogenated alkanes) is 1. The molecule has 0 saturated heterocycles. The molecule has 0 aliphatic heterocycles. The first-order valence-electron chi connectivity index (χ1n) is 3.73. The van der Waals surface area contributed by atoms with Crippen molar-refractivity contribution in [1.29, 1.82) is 0 Å². The van der Waals surface area contributed by atoms with Gasteiger partial charge in [-0.25, -0.2) is 0 Å². The number of aliphatic hydroxyl groups excluding tert-OH is 1. The largest absolute Gasteiger partial charge is 0.480 e. The van der Waals surface area contributed by atoms with Gasteiger partial charge in [-0.05, 0) is 26.3 Å². The molecule has 66 valence electrons. The van der Waals surface area contributed by atoms with E-state index in [0.29, 0.717) is 12.8 Å². The van der Waals surface area contributed by atoms with Crippen LogP contribution in [-0.4, -0.2) is 35.9 Å². The van der Waals surface area contributed by atoms with E-state index in [-0.39, 0.29) is 6.61 Å². The molecule has 0 heterocycles. The van der Waals surface area contributed by atoms with E-state index in [2.05, 4.69) is 5.32 Å². The van der Waals surface area contributed by atoms with E-state index in [9.17, 15) is 4.79 Å². The Kier molecular flexibility index (Phi) is 5.78. The van der Waals surface area contributed by atoms with Crippen molar-refractivity contribution in [1.82, 2.24) is 5.32 Å². The van der Waals surface area contributed by atoms with Crippen molar-refractivity contribution in [2.24, 2.45) is 0 Å². The molecule has 0 radical (unpaired) electrons.